The molecule has 0 radical (unpaired) electrons. The summed E-state index contributed by atoms with van der Waals surface area (Å²) in [4.78, 5) is 16.7. The fourth-order valence-corrected chi connectivity index (χ4v) is 2.24. The van der Waals surface area contributed by atoms with Crippen molar-refractivity contribution in [2.45, 2.75) is 4.90 Å². The molecule has 1 heterocycles. The quantitative estimate of drug-likeness (QED) is 0.578. The Balaban J connectivity index is 2.33. The van der Waals surface area contributed by atoms with E-state index < -0.39 is 21.3 Å². The minimum Gasteiger partial charge on any atom is -0.502 e. The van der Waals surface area contributed by atoms with Crippen molar-refractivity contribution < 1.29 is 13.5 Å². The van der Waals surface area contributed by atoms with E-state index in [-0.39, 0.29) is 10.8 Å². The van der Waals surface area contributed by atoms with Crippen molar-refractivity contribution in [1.29, 1.82) is 0 Å². The van der Waals surface area contributed by atoms with Gasteiger partial charge in [-0.15, -0.1) is 0 Å². The number of aromatic amines is 1. The van der Waals surface area contributed by atoms with Gasteiger partial charge in [0.2, 0.25) is 5.95 Å². The van der Waals surface area contributed by atoms with E-state index >= 15 is 0 Å². The van der Waals surface area contributed by atoms with Gasteiger partial charge in [-0.1, -0.05) is 0 Å². The predicted molar refractivity (Wildman–Crippen MR) is 68.2 cm³/mol. The van der Waals surface area contributed by atoms with Gasteiger partial charge in [0.05, 0.1) is 11.1 Å². The van der Waals surface area contributed by atoms with Gasteiger partial charge in [0, 0.05) is 5.69 Å². The summed E-state index contributed by atoms with van der Waals surface area (Å²) in [5, 5.41) is 8.99. The normalized spacial score (nSPS) is 11.2. The van der Waals surface area contributed by atoms with Crippen LogP contribution in [0.1, 0.15) is 0 Å². The second-order valence-electron chi connectivity index (χ2n) is 3.62. The molecule has 0 bridgehead atoms. The molecule has 2 aromatic rings. The highest BCUT2D eigenvalue weighted by molar-refractivity contribution is 7.92. The molecule has 19 heavy (non-hydrogen) atoms. The molecule has 0 amide bonds. The van der Waals surface area contributed by atoms with Gasteiger partial charge < -0.3 is 10.8 Å². The van der Waals surface area contributed by atoms with Gasteiger partial charge in [0.1, 0.15) is 0 Å². The van der Waals surface area contributed by atoms with E-state index in [1.165, 1.54) is 24.3 Å². The number of nitrogen functional groups attached to an aromatic ring is 1. The van der Waals surface area contributed by atoms with E-state index in [1.807, 2.05) is 0 Å². The summed E-state index contributed by atoms with van der Waals surface area (Å²) in [6, 6.07) is 5.50. The summed E-state index contributed by atoms with van der Waals surface area (Å²) in [6.07, 6.45) is 0.847. The average molecular weight is 282 g/mol. The molecule has 1 aromatic carbocycles. The molecule has 0 aliphatic rings. The lowest BCUT2D eigenvalue weighted by molar-refractivity contribution is 0.463. The Bertz CT molecular complexity index is 752. The van der Waals surface area contributed by atoms with Crippen LogP contribution in [0, 0.1) is 0 Å². The summed E-state index contributed by atoms with van der Waals surface area (Å²) in [6.45, 7) is 0. The lowest BCUT2D eigenvalue weighted by Gasteiger charge is -2.06. The standard InChI is InChI=1S/C10H10N4O4S/c11-6-1-3-7(4-2-6)19(17,18)14-10-12-5-8(15)9(16)13-10/h1-5,15H,11H2,(H2,12,13,14,16). The van der Waals surface area contributed by atoms with Crippen LogP contribution in [-0.2, 0) is 10.0 Å². The highest BCUT2D eigenvalue weighted by Gasteiger charge is 2.15. The number of nitrogens with zero attached hydrogens (tertiary/aromatic N) is 1. The fraction of sp³-hybridized carbons (Fsp3) is 0. The zero-order valence-corrected chi connectivity index (χ0v) is 10.3. The fourth-order valence-electron chi connectivity index (χ4n) is 1.27. The molecular weight excluding hydrogens is 272 g/mol. The maximum Gasteiger partial charge on any atom is 0.294 e. The zero-order valence-electron chi connectivity index (χ0n) is 9.49. The molecule has 0 aliphatic carbocycles. The molecular formula is C10H10N4O4S. The van der Waals surface area contributed by atoms with Crippen LogP contribution in [0.5, 0.6) is 5.75 Å². The number of hydrogen-bond donors (Lipinski definition) is 4. The van der Waals surface area contributed by atoms with Crippen molar-refractivity contribution in [3.8, 4) is 5.75 Å². The van der Waals surface area contributed by atoms with Crippen molar-refractivity contribution >= 4 is 21.7 Å². The second kappa shape index (κ2) is 4.61. The van der Waals surface area contributed by atoms with Gasteiger partial charge in [0.25, 0.3) is 15.6 Å². The number of aromatic hydroxyl groups is 1. The Hall–Kier alpha value is -2.55. The van der Waals surface area contributed by atoms with Gasteiger partial charge in [-0.25, -0.2) is 18.1 Å². The van der Waals surface area contributed by atoms with Gasteiger partial charge in [-0.2, -0.15) is 0 Å². The van der Waals surface area contributed by atoms with Crippen LogP contribution in [0.3, 0.4) is 0 Å². The van der Waals surface area contributed by atoms with E-state index in [2.05, 4.69) is 14.7 Å². The van der Waals surface area contributed by atoms with Crippen molar-refractivity contribution in [3.05, 3.63) is 40.8 Å². The molecule has 5 N–H and O–H groups in total. The molecule has 8 nitrogen and oxygen atoms in total. The molecule has 1 aromatic heterocycles. The van der Waals surface area contributed by atoms with E-state index in [0.29, 0.717) is 5.69 Å². The first kappa shape index (κ1) is 12.9. The maximum absolute atomic E-state index is 11.9. The first-order valence-electron chi connectivity index (χ1n) is 5.05. The Morgan fingerprint density at radius 3 is 2.47 bits per heavy atom. The van der Waals surface area contributed by atoms with Crippen LogP contribution in [0.2, 0.25) is 0 Å². The van der Waals surface area contributed by atoms with E-state index in [4.69, 9.17) is 10.8 Å². The summed E-state index contributed by atoms with van der Waals surface area (Å²) in [5.41, 5.74) is 5.04. The minimum atomic E-state index is -3.88. The number of aromatic nitrogens is 2. The van der Waals surface area contributed by atoms with E-state index in [1.54, 1.807) is 0 Å². The van der Waals surface area contributed by atoms with Gasteiger partial charge in [-0.05, 0) is 24.3 Å². The van der Waals surface area contributed by atoms with E-state index in [9.17, 15) is 13.2 Å². The van der Waals surface area contributed by atoms with Gasteiger partial charge >= 0.3 is 0 Å². The number of hydrogen-bond acceptors (Lipinski definition) is 6. The Morgan fingerprint density at radius 2 is 1.89 bits per heavy atom. The van der Waals surface area contributed by atoms with Gasteiger partial charge in [0.15, 0.2) is 5.75 Å². The number of H-pyrrole nitrogens is 1. The van der Waals surface area contributed by atoms with Crippen LogP contribution < -0.4 is 16.0 Å². The maximum atomic E-state index is 11.9. The van der Waals surface area contributed by atoms with E-state index in [0.717, 1.165) is 6.20 Å². The number of anilines is 2. The molecule has 0 fully saturated rings. The SMILES string of the molecule is Nc1ccc(S(=O)(=O)Nc2ncc(O)c(=O)[nH]2)cc1. The molecule has 0 saturated carbocycles. The number of nitrogens with two attached hydrogens (primary N) is 1. The molecule has 2 rings (SSSR count). The summed E-state index contributed by atoms with van der Waals surface area (Å²) < 4.78 is 25.9. The second-order valence-corrected chi connectivity index (χ2v) is 5.30. The third-order valence-corrected chi connectivity index (χ3v) is 3.56. The van der Waals surface area contributed by atoms with Crippen LogP contribution in [0.25, 0.3) is 0 Å². The van der Waals surface area contributed by atoms with Crippen molar-refractivity contribution in [2.75, 3.05) is 10.5 Å². The van der Waals surface area contributed by atoms with Gasteiger partial charge in [-0.3, -0.25) is 9.78 Å². The van der Waals surface area contributed by atoms with Crippen molar-refractivity contribution in [3.63, 3.8) is 0 Å². The molecule has 100 valence electrons. The van der Waals surface area contributed by atoms with Crippen LogP contribution in [-0.4, -0.2) is 23.5 Å². The minimum absolute atomic E-state index is 0.0302. The Labute approximate surface area is 108 Å². The third kappa shape index (κ3) is 2.83. The van der Waals surface area contributed by atoms with Crippen LogP contribution in [0.15, 0.2) is 40.2 Å². The smallest absolute Gasteiger partial charge is 0.294 e. The molecule has 9 heteroatoms. The number of sulfonamides is 1. The number of benzene rings is 1. The number of rotatable bonds is 3. The molecule has 0 aliphatic heterocycles. The van der Waals surface area contributed by atoms with Crippen molar-refractivity contribution in [2.24, 2.45) is 0 Å². The van der Waals surface area contributed by atoms with Crippen LogP contribution >= 0.6 is 0 Å². The monoisotopic (exact) mass is 282 g/mol. The summed E-state index contributed by atoms with van der Waals surface area (Å²) in [7, 11) is -3.88. The highest BCUT2D eigenvalue weighted by atomic mass is 32.2. The summed E-state index contributed by atoms with van der Waals surface area (Å²) >= 11 is 0. The topological polar surface area (TPSA) is 138 Å². The first-order valence-corrected chi connectivity index (χ1v) is 6.53. The molecule has 0 saturated heterocycles. The highest BCUT2D eigenvalue weighted by Crippen LogP contribution is 2.14. The molecule has 0 atom stereocenters. The lowest BCUT2D eigenvalue weighted by atomic mass is 10.3. The van der Waals surface area contributed by atoms with Crippen molar-refractivity contribution in [1.82, 2.24) is 9.97 Å². The zero-order chi connectivity index (χ0) is 14.0. The number of nitrogens with one attached hydrogen (secondary N) is 2. The average Bonchev–Trinajstić information content (AvgIpc) is 2.34. The largest absolute Gasteiger partial charge is 0.502 e. The lowest BCUT2D eigenvalue weighted by Crippen LogP contribution is -2.18. The molecule has 0 unspecified atom stereocenters. The molecule has 0 spiro atoms. The Kier molecular flexibility index (Phi) is 3.13. The third-order valence-electron chi connectivity index (χ3n) is 2.20. The summed E-state index contributed by atoms with van der Waals surface area (Å²) in [5.74, 6) is -0.893. The first-order chi connectivity index (χ1) is 8.88. The predicted octanol–water partition coefficient (Wildman–Crippen LogP) is -0.142. The van der Waals surface area contributed by atoms with Crippen LogP contribution in [0.4, 0.5) is 11.6 Å². The Morgan fingerprint density at radius 1 is 1.26 bits per heavy atom.